The second kappa shape index (κ2) is 6.31. The number of aryl methyl sites for hydroxylation is 1. The zero-order valence-corrected chi connectivity index (χ0v) is 12.6. The summed E-state index contributed by atoms with van der Waals surface area (Å²) in [6.07, 6.45) is 3.39. The van der Waals surface area contributed by atoms with E-state index >= 15 is 0 Å². The van der Waals surface area contributed by atoms with Crippen LogP contribution >= 0.6 is 0 Å². The molecule has 0 fully saturated rings. The molecule has 0 radical (unpaired) electrons. The highest BCUT2D eigenvalue weighted by molar-refractivity contribution is 5.89. The van der Waals surface area contributed by atoms with Gasteiger partial charge in [-0.1, -0.05) is 30.3 Å². The minimum Gasteiger partial charge on any atom is -0.456 e. The molecule has 0 aliphatic rings. The molecule has 0 aliphatic heterocycles. The first-order valence-corrected chi connectivity index (χ1v) is 7.10. The molecule has 0 amide bonds. The Morgan fingerprint density at radius 3 is 2.78 bits per heavy atom. The minimum absolute atomic E-state index is 0.194. The van der Waals surface area contributed by atoms with E-state index < -0.39 is 0 Å². The molecule has 23 heavy (non-hydrogen) atoms. The summed E-state index contributed by atoms with van der Waals surface area (Å²) in [6, 6.07) is 13.0. The fourth-order valence-corrected chi connectivity index (χ4v) is 2.24. The van der Waals surface area contributed by atoms with E-state index in [1.807, 2.05) is 30.3 Å². The average molecular weight is 308 g/mol. The van der Waals surface area contributed by atoms with Gasteiger partial charge in [-0.3, -0.25) is 0 Å². The molecular weight excluding hydrogens is 292 g/mol. The molecule has 0 bridgehead atoms. The van der Waals surface area contributed by atoms with E-state index in [4.69, 9.17) is 10.5 Å². The Kier molecular flexibility index (Phi) is 4.05. The molecule has 0 saturated heterocycles. The van der Waals surface area contributed by atoms with E-state index in [0.29, 0.717) is 11.4 Å². The van der Waals surface area contributed by atoms with Crippen LogP contribution in [-0.2, 0) is 18.4 Å². The highest BCUT2D eigenvalue weighted by atomic mass is 16.5. The van der Waals surface area contributed by atoms with Crippen LogP contribution in [0.5, 0.6) is 0 Å². The molecule has 2 heterocycles. The first kappa shape index (κ1) is 14.8. The smallest absolute Gasteiger partial charge is 0.355 e. The number of aromatic nitrogens is 3. The van der Waals surface area contributed by atoms with Crippen LogP contribution in [0.25, 0.3) is 11.3 Å². The van der Waals surface area contributed by atoms with Crippen molar-refractivity contribution >= 4 is 11.9 Å². The van der Waals surface area contributed by atoms with Crippen LogP contribution in [0.1, 0.15) is 16.1 Å². The van der Waals surface area contributed by atoms with E-state index in [-0.39, 0.29) is 18.5 Å². The zero-order valence-electron chi connectivity index (χ0n) is 12.6. The van der Waals surface area contributed by atoms with Crippen LogP contribution in [0.4, 0.5) is 5.95 Å². The van der Waals surface area contributed by atoms with E-state index in [0.717, 1.165) is 11.1 Å². The lowest BCUT2D eigenvalue weighted by Gasteiger charge is -2.05. The Morgan fingerprint density at radius 1 is 1.26 bits per heavy atom. The molecule has 1 aromatic carbocycles. The Balaban J connectivity index is 1.76. The fraction of sp³-hybridized carbons (Fsp3) is 0.118. The number of benzene rings is 1. The van der Waals surface area contributed by atoms with Gasteiger partial charge in [0.2, 0.25) is 5.95 Å². The van der Waals surface area contributed by atoms with E-state index in [1.165, 1.54) is 0 Å². The van der Waals surface area contributed by atoms with Crippen molar-refractivity contribution in [3.63, 3.8) is 0 Å². The summed E-state index contributed by atoms with van der Waals surface area (Å²) in [4.78, 5) is 20.3. The van der Waals surface area contributed by atoms with E-state index in [1.54, 1.807) is 36.1 Å². The lowest BCUT2D eigenvalue weighted by molar-refractivity contribution is 0.0461. The van der Waals surface area contributed by atoms with Crippen molar-refractivity contribution in [2.75, 3.05) is 5.73 Å². The summed E-state index contributed by atoms with van der Waals surface area (Å²) in [6.45, 7) is 0.237. The highest BCUT2D eigenvalue weighted by Crippen LogP contribution is 2.20. The molecule has 2 N–H and O–H groups in total. The number of nitrogens with zero attached hydrogens (tertiary/aromatic N) is 3. The molecule has 116 valence electrons. The number of rotatable bonds is 4. The molecule has 6 heteroatoms. The van der Waals surface area contributed by atoms with Gasteiger partial charge in [-0.05, 0) is 17.7 Å². The van der Waals surface area contributed by atoms with Crippen molar-refractivity contribution in [1.82, 2.24) is 14.5 Å². The average Bonchev–Trinajstić information content (AvgIpc) is 2.96. The molecule has 0 spiro atoms. The molecule has 3 rings (SSSR count). The topological polar surface area (TPSA) is 83.0 Å². The number of esters is 1. The van der Waals surface area contributed by atoms with Crippen molar-refractivity contribution in [2.45, 2.75) is 6.61 Å². The van der Waals surface area contributed by atoms with Gasteiger partial charge in [0.05, 0.1) is 5.69 Å². The van der Waals surface area contributed by atoms with Crippen molar-refractivity contribution < 1.29 is 9.53 Å². The molecule has 2 aromatic heterocycles. The Morgan fingerprint density at radius 2 is 2.04 bits per heavy atom. The van der Waals surface area contributed by atoms with Crippen LogP contribution in [0, 0.1) is 0 Å². The molecule has 3 aromatic rings. The predicted octanol–water partition coefficient (Wildman–Crippen LogP) is 2.42. The van der Waals surface area contributed by atoms with Crippen molar-refractivity contribution in [3.05, 3.63) is 66.1 Å². The maximum atomic E-state index is 12.2. The Bertz CT molecular complexity index is 828. The van der Waals surface area contributed by atoms with Crippen LogP contribution in [0.15, 0.2) is 54.9 Å². The van der Waals surface area contributed by atoms with Gasteiger partial charge in [0, 0.05) is 25.0 Å². The first-order chi connectivity index (χ1) is 11.1. The number of hydrogen-bond donors (Lipinski definition) is 1. The monoisotopic (exact) mass is 308 g/mol. The Hall–Kier alpha value is -3.15. The molecule has 0 saturated carbocycles. The lowest BCUT2D eigenvalue weighted by atomic mass is 10.2. The van der Waals surface area contributed by atoms with Gasteiger partial charge < -0.3 is 15.0 Å². The number of carbonyl (C=O) groups is 1. The quantitative estimate of drug-likeness (QED) is 0.748. The summed E-state index contributed by atoms with van der Waals surface area (Å²) in [7, 11) is 1.78. The van der Waals surface area contributed by atoms with Crippen molar-refractivity contribution in [3.8, 4) is 11.3 Å². The normalized spacial score (nSPS) is 10.5. The number of ether oxygens (including phenoxy) is 1. The Labute approximate surface area is 133 Å². The van der Waals surface area contributed by atoms with Crippen LogP contribution in [0.3, 0.4) is 0 Å². The number of carbonyl (C=O) groups excluding carboxylic acids is 1. The van der Waals surface area contributed by atoms with Gasteiger partial charge in [-0.2, -0.15) is 0 Å². The third-order valence-corrected chi connectivity index (χ3v) is 3.40. The van der Waals surface area contributed by atoms with Crippen molar-refractivity contribution in [2.24, 2.45) is 7.05 Å². The second-order valence-corrected chi connectivity index (χ2v) is 5.09. The van der Waals surface area contributed by atoms with Gasteiger partial charge in [0.1, 0.15) is 12.3 Å². The minimum atomic E-state index is -0.385. The van der Waals surface area contributed by atoms with Gasteiger partial charge in [0.15, 0.2) is 0 Å². The molecule has 0 aliphatic carbocycles. The maximum absolute atomic E-state index is 12.2. The summed E-state index contributed by atoms with van der Waals surface area (Å²) in [5, 5.41) is 0. The molecule has 6 nitrogen and oxygen atoms in total. The molecule has 0 unspecified atom stereocenters. The number of hydrogen-bond acceptors (Lipinski definition) is 5. The largest absolute Gasteiger partial charge is 0.456 e. The summed E-state index contributed by atoms with van der Waals surface area (Å²) >= 11 is 0. The highest BCUT2D eigenvalue weighted by Gasteiger charge is 2.15. The first-order valence-electron chi connectivity index (χ1n) is 7.10. The zero-order chi connectivity index (χ0) is 16.2. The van der Waals surface area contributed by atoms with E-state index in [9.17, 15) is 4.79 Å². The predicted molar refractivity (Wildman–Crippen MR) is 86.4 cm³/mol. The van der Waals surface area contributed by atoms with Gasteiger partial charge in [-0.15, -0.1) is 0 Å². The SMILES string of the molecule is Cn1cc(-c2ccnc(N)n2)cc1C(=O)OCc1ccccc1. The lowest BCUT2D eigenvalue weighted by Crippen LogP contribution is -2.09. The molecule has 0 atom stereocenters. The van der Waals surface area contributed by atoms with Gasteiger partial charge in [0.25, 0.3) is 0 Å². The number of nitrogen functional groups attached to an aromatic ring is 1. The maximum Gasteiger partial charge on any atom is 0.355 e. The summed E-state index contributed by atoms with van der Waals surface area (Å²) < 4.78 is 7.06. The third-order valence-electron chi connectivity index (χ3n) is 3.40. The second-order valence-electron chi connectivity index (χ2n) is 5.09. The standard InChI is InChI=1S/C17H16N4O2/c1-21-10-13(14-7-8-19-17(18)20-14)9-15(21)16(22)23-11-12-5-3-2-4-6-12/h2-10H,11H2,1H3,(H2,18,19,20). The summed E-state index contributed by atoms with van der Waals surface area (Å²) in [5.41, 5.74) is 8.44. The van der Waals surface area contributed by atoms with Crippen LogP contribution in [0.2, 0.25) is 0 Å². The third kappa shape index (κ3) is 3.37. The fourth-order valence-electron chi connectivity index (χ4n) is 2.24. The van der Waals surface area contributed by atoms with Gasteiger partial charge >= 0.3 is 5.97 Å². The summed E-state index contributed by atoms with van der Waals surface area (Å²) in [5.74, 6) is -0.191. The van der Waals surface area contributed by atoms with Crippen LogP contribution in [-0.4, -0.2) is 20.5 Å². The molecular formula is C17H16N4O2. The van der Waals surface area contributed by atoms with Crippen molar-refractivity contribution in [1.29, 1.82) is 0 Å². The number of nitrogens with two attached hydrogens (primary N) is 1. The van der Waals surface area contributed by atoms with Crippen LogP contribution < -0.4 is 5.73 Å². The van der Waals surface area contributed by atoms with E-state index in [2.05, 4.69) is 9.97 Å². The van der Waals surface area contributed by atoms with Gasteiger partial charge in [-0.25, -0.2) is 14.8 Å². The number of anilines is 1.